The average Bonchev–Trinajstić information content (AvgIpc) is 2.67. The second-order valence-corrected chi connectivity index (χ2v) is 6.47. The second-order valence-electron chi connectivity index (χ2n) is 5.31. The van der Waals surface area contributed by atoms with Gasteiger partial charge in [0, 0.05) is 22.9 Å². The van der Waals surface area contributed by atoms with Crippen LogP contribution in [-0.2, 0) is 0 Å². The first-order valence-corrected chi connectivity index (χ1v) is 9.08. The third kappa shape index (κ3) is 5.12. The first-order valence-electron chi connectivity index (χ1n) is 8.01. The Kier molecular flexibility index (Phi) is 6.31. The molecular formula is C18H17IN6O. The molecule has 0 aliphatic carbocycles. The molecule has 1 amide bonds. The van der Waals surface area contributed by atoms with Crippen LogP contribution in [-0.4, -0.2) is 34.2 Å². The highest BCUT2D eigenvalue weighted by atomic mass is 127. The monoisotopic (exact) mass is 460 g/mol. The van der Waals surface area contributed by atoms with Gasteiger partial charge >= 0.3 is 0 Å². The number of amides is 1. The van der Waals surface area contributed by atoms with Crippen LogP contribution in [0.3, 0.4) is 0 Å². The van der Waals surface area contributed by atoms with E-state index in [0.29, 0.717) is 36.1 Å². The fraction of sp³-hybridized carbons (Fsp3) is 0.111. The van der Waals surface area contributed by atoms with Crippen LogP contribution in [0.4, 0.5) is 17.5 Å². The number of nitrogens with one attached hydrogen (secondary N) is 3. The van der Waals surface area contributed by atoms with Crippen LogP contribution in [0, 0.1) is 3.57 Å². The maximum Gasteiger partial charge on any atom is 0.252 e. The number of carbonyl (C=O) groups is 1. The van der Waals surface area contributed by atoms with Crippen LogP contribution in [0.5, 0.6) is 0 Å². The van der Waals surface area contributed by atoms with Crippen LogP contribution in [0.2, 0.25) is 0 Å². The number of halogens is 1. The van der Waals surface area contributed by atoms with Gasteiger partial charge in [-0.3, -0.25) is 4.79 Å². The summed E-state index contributed by atoms with van der Waals surface area (Å²) in [6.45, 7) is 1.04. The van der Waals surface area contributed by atoms with Gasteiger partial charge in [0.2, 0.25) is 0 Å². The summed E-state index contributed by atoms with van der Waals surface area (Å²) in [6, 6.07) is 16.7. The molecule has 0 unspecified atom stereocenters. The van der Waals surface area contributed by atoms with E-state index in [2.05, 4.69) is 53.7 Å². The summed E-state index contributed by atoms with van der Waals surface area (Å²) in [7, 11) is 0. The number of hydrogen-bond acceptors (Lipinski definition) is 6. The molecule has 0 radical (unpaired) electrons. The molecule has 0 aliphatic heterocycles. The first kappa shape index (κ1) is 18.1. The van der Waals surface area contributed by atoms with Gasteiger partial charge in [-0.2, -0.15) is 0 Å². The molecule has 2 heterocycles. The second kappa shape index (κ2) is 9.09. The van der Waals surface area contributed by atoms with E-state index in [4.69, 9.17) is 0 Å². The zero-order valence-corrected chi connectivity index (χ0v) is 16.0. The summed E-state index contributed by atoms with van der Waals surface area (Å²) >= 11 is 2.15. The maximum absolute atomic E-state index is 12.1. The van der Waals surface area contributed by atoms with Gasteiger partial charge < -0.3 is 16.0 Å². The van der Waals surface area contributed by atoms with E-state index in [1.165, 1.54) is 0 Å². The molecule has 3 aromatic rings. The summed E-state index contributed by atoms with van der Waals surface area (Å²) in [4.78, 5) is 16.3. The number of rotatable bonds is 7. The third-order valence-corrected chi connectivity index (χ3v) is 4.36. The molecule has 0 atom stereocenters. The van der Waals surface area contributed by atoms with Crippen molar-refractivity contribution in [3.05, 3.63) is 69.9 Å². The van der Waals surface area contributed by atoms with Crippen molar-refractivity contribution in [2.45, 2.75) is 0 Å². The molecule has 0 aliphatic rings. The Hall–Kier alpha value is -2.75. The zero-order valence-electron chi connectivity index (χ0n) is 13.8. The predicted molar refractivity (Wildman–Crippen MR) is 110 cm³/mol. The standard InChI is InChI=1S/C18H17IN6O/c19-14-6-2-1-5-13(14)18(26)22-12-11-21-16-8-9-17(25-24-16)23-15-7-3-4-10-20-15/h1-10H,11-12H2,(H,21,24)(H,22,26)(H,20,23,25). The number of benzene rings is 1. The highest BCUT2D eigenvalue weighted by Crippen LogP contribution is 2.12. The molecule has 26 heavy (non-hydrogen) atoms. The summed E-state index contributed by atoms with van der Waals surface area (Å²) in [6.07, 6.45) is 1.70. The molecule has 7 nitrogen and oxygen atoms in total. The van der Waals surface area contributed by atoms with Gasteiger partial charge in [-0.15, -0.1) is 10.2 Å². The summed E-state index contributed by atoms with van der Waals surface area (Å²) in [5.41, 5.74) is 0.679. The Morgan fingerprint density at radius 1 is 0.885 bits per heavy atom. The molecule has 3 rings (SSSR count). The lowest BCUT2D eigenvalue weighted by molar-refractivity contribution is 0.0954. The van der Waals surface area contributed by atoms with E-state index in [0.717, 1.165) is 3.57 Å². The molecule has 8 heteroatoms. The van der Waals surface area contributed by atoms with E-state index < -0.39 is 0 Å². The van der Waals surface area contributed by atoms with E-state index in [1.54, 1.807) is 6.20 Å². The van der Waals surface area contributed by atoms with Crippen LogP contribution in [0.15, 0.2) is 60.8 Å². The minimum atomic E-state index is -0.0854. The number of hydrogen-bond donors (Lipinski definition) is 3. The lowest BCUT2D eigenvalue weighted by atomic mass is 10.2. The zero-order chi connectivity index (χ0) is 18.2. The normalized spacial score (nSPS) is 10.2. The molecule has 0 saturated heterocycles. The van der Waals surface area contributed by atoms with Crippen molar-refractivity contribution in [1.82, 2.24) is 20.5 Å². The Morgan fingerprint density at radius 3 is 2.38 bits per heavy atom. The summed E-state index contributed by atoms with van der Waals surface area (Å²) in [5, 5.41) is 17.3. The molecule has 3 N–H and O–H groups in total. The van der Waals surface area contributed by atoms with E-state index in [-0.39, 0.29) is 5.91 Å². The van der Waals surface area contributed by atoms with Gasteiger partial charge in [0.1, 0.15) is 11.6 Å². The lowest BCUT2D eigenvalue weighted by Crippen LogP contribution is -2.29. The van der Waals surface area contributed by atoms with Gasteiger partial charge in [-0.1, -0.05) is 18.2 Å². The maximum atomic E-state index is 12.1. The minimum absolute atomic E-state index is 0.0854. The molecule has 0 bridgehead atoms. The van der Waals surface area contributed by atoms with Crippen LogP contribution in [0.1, 0.15) is 10.4 Å². The van der Waals surface area contributed by atoms with Crippen molar-refractivity contribution < 1.29 is 4.79 Å². The van der Waals surface area contributed by atoms with Gasteiger partial charge in [0.25, 0.3) is 5.91 Å². The predicted octanol–water partition coefficient (Wildman–Crippen LogP) is 3.06. The molecule has 0 spiro atoms. The van der Waals surface area contributed by atoms with E-state index >= 15 is 0 Å². The molecule has 0 fully saturated rings. The lowest BCUT2D eigenvalue weighted by Gasteiger charge is -2.09. The SMILES string of the molecule is O=C(NCCNc1ccc(Nc2ccccn2)nn1)c1ccccc1I. The molecule has 132 valence electrons. The van der Waals surface area contributed by atoms with Crippen LogP contribution in [0.25, 0.3) is 0 Å². The van der Waals surface area contributed by atoms with Crippen molar-refractivity contribution >= 4 is 46.0 Å². The van der Waals surface area contributed by atoms with Gasteiger partial charge in [0.05, 0.1) is 5.56 Å². The Morgan fingerprint density at radius 2 is 1.65 bits per heavy atom. The number of aromatic nitrogens is 3. The third-order valence-electron chi connectivity index (χ3n) is 3.42. The summed E-state index contributed by atoms with van der Waals surface area (Å²) in [5.74, 6) is 1.87. The van der Waals surface area contributed by atoms with Crippen LogP contribution < -0.4 is 16.0 Å². The molecule has 1 aromatic carbocycles. The summed E-state index contributed by atoms with van der Waals surface area (Å²) < 4.78 is 0.928. The minimum Gasteiger partial charge on any atom is -0.367 e. The largest absolute Gasteiger partial charge is 0.367 e. The first-order chi connectivity index (χ1) is 12.7. The van der Waals surface area contributed by atoms with Gasteiger partial charge in [0.15, 0.2) is 5.82 Å². The number of carbonyl (C=O) groups excluding carboxylic acids is 1. The Labute approximate surface area is 164 Å². The number of nitrogens with zero attached hydrogens (tertiary/aromatic N) is 3. The van der Waals surface area contributed by atoms with Crippen molar-refractivity contribution in [3.8, 4) is 0 Å². The molecule has 2 aromatic heterocycles. The fourth-order valence-corrected chi connectivity index (χ4v) is 2.80. The van der Waals surface area contributed by atoms with E-state index in [9.17, 15) is 4.79 Å². The van der Waals surface area contributed by atoms with Gasteiger partial charge in [-0.05, 0) is 59.0 Å². The van der Waals surface area contributed by atoms with Crippen molar-refractivity contribution in [1.29, 1.82) is 0 Å². The highest BCUT2D eigenvalue weighted by Gasteiger charge is 2.07. The Balaban J connectivity index is 1.44. The average molecular weight is 460 g/mol. The van der Waals surface area contributed by atoms with Crippen molar-refractivity contribution in [3.63, 3.8) is 0 Å². The van der Waals surface area contributed by atoms with Gasteiger partial charge in [-0.25, -0.2) is 4.98 Å². The molecular weight excluding hydrogens is 443 g/mol. The number of pyridine rings is 1. The quantitative estimate of drug-likeness (QED) is 0.371. The van der Waals surface area contributed by atoms with Crippen molar-refractivity contribution in [2.75, 3.05) is 23.7 Å². The van der Waals surface area contributed by atoms with Crippen molar-refractivity contribution in [2.24, 2.45) is 0 Å². The topological polar surface area (TPSA) is 91.8 Å². The van der Waals surface area contributed by atoms with Crippen LogP contribution >= 0.6 is 22.6 Å². The number of anilines is 3. The van der Waals surface area contributed by atoms with E-state index in [1.807, 2.05) is 54.6 Å². The smallest absolute Gasteiger partial charge is 0.252 e. The fourth-order valence-electron chi connectivity index (χ4n) is 2.17. The highest BCUT2D eigenvalue weighted by molar-refractivity contribution is 14.1. The molecule has 0 saturated carbocycles. The Bertz CT molecular complexity index is 857.